The van der Waals surface area contributed by atoms with Crippen LogP contribution in [-0.4, -0.2) is 75.4 Å². The van der Waals surface area contributed by atoms with Crippen molar-refractivity contribution in [1.29, 1.82) is 0 Å². The Bertz CT molecular complexity index is 367. The summed E-state index contributed by atoms with van der Waals surface area (Å²) in [6.45, 7) is 0.279. The maximum atomic E-state index is 12.1. The van der Waals surface area contributed by atoms with Gasteiger partial charge in [-0.15, -0.1) is 0 Å². The number of hydrogen-bond donors (Lipinski definition) is 1. The molecular formula is C9H16F3NO5S. The first-order valence-electron chi connectivity index (χ1n) is 5.59. The molecule has 0 aromatic heterocycles. The molecule has 1 unspecified atom stereocenters. The fraction of sp³-hybridized carbons (Fsp3) is 1.00. The summed E-state index contributed by atoms with van der Waals surface area (Å²) in [5, 5.41) is 0. The van der Waals surface area contributed by atoms with E-state index in [4.69, 9.17) is 9.29 Å². The molecule has 1 aliphatic rings. The molecule has 114 valence electrons. The molecule has 0 bridgehead atoms. The highest BCUT2D eigenvalue weighted by molar-refractivity contribution is 7.85. The fourth-order valence-corrected chi connectivity index (χ4v) is 2.34. The van der Waals surface area contributed by atoms with Gasteiger partial charge in [-0.25, -0.2) is 0 Å². The largest absolute Gasteiger partial charge is 0.411 e. The van der Waals surface area contributed by atoms with Gasteiger partial charge in [0.15, 0.2) is 0 Å². The lowest BCUT2D eigenvalue weighted by molar-refractivity contribution is -0.185. The van der Waals surface area contributed by atoms with E-state index in [1.54, 1.807) is 4.90 Å². The van der Waals surface area contributed by atoms with Crippen molar-refractivity contribution in [3.8, 4) is 0 Å². The summed E-state index contributed by atoms with van der Waals surface area (Å²) in [6, 6.07) is 0. The third kappa shape index (κ3) is 8.37. The topological polar surface area (TPSA) is 76.1 Å². The molecule has 0 aliphatic carbocycles. The summed E-state index contributed by atoms with van der Waals surface area (Å²) >= 11 is 0. The fourth-order valence-electron chi connectivity index (χ4n) is 1.67. The Balaban J connectivity index is 2.52. The predicted octanol–water partition coefficient (Wildman–Crippen LogP) is 0.154. The van der Waals surface area contributed by atoms with Crippen LogP contribution in [-0.2, 0) is 19.6 Å². The summed E-state index contributed by atoms with van der Waals surface area (Å²) in [4.78, 5) is 1.73. The highest BCUT2D eigenvalue weighted by Gasteiger charge is 2.31. The van der Waals surface area contributed by atoms with Crippen LogP contribution < -0.4 is 0 Å². The minimum Gasteiger partial charge on any atom is -0.379 e. The molecule has 1 rings (SSSR count). The molecule has 0 amide bonds. The second kappa shape index (κ2) is 6.84. The average molecular weight is 307 g/mol. The molecule has 10 heteroatoms. The van der Waals surface area contributed by atoms with E-state index in [0.717, 1.165) is 0 Å². The lowest BCUT2D eigenvalue weighted by atomic mass is 10.3. The van der Waals surface area contributed by atoms with Crippen molar-refractivity contribution in [1.82, 2.24) is 4.90 Å². The van der Waals surface area contributed by atoms with Gasteiger partial charge in [0.1, 0.15) is 12.4 Å². The van der Waals surface area contributed by atoms with E-state index < -0.39 is 34.8 Å². The van der Waals surface area contributed by atoms with Crippen molar-refractivity contribution in [2.45, 2.75) is 12.3 Å². The van der Waals surface area contributed by atoms with E-state index in [1.165, 1.54) is 0 Å². The van der Waals surface area contributed by atoms with Crippen molar-refractivity contribution in [2.24, 2.45) is 0 Å². The van der Waals surface area contributed by atoms with Crippen LogP contribution in [0.4, 0.5) is 13.2 Å². The van der Waals surface area contributed by atoms with Crippen LogP contribution in [0.25, 0.3) is 0 Å². The first kappa shape index (κ1) is 16.6. The van der Waals surface area contributed by atoms with Crippen LogP contribution in [0.5, 0.6) is 0 Å². The maximum absolute atomic E-state index is 12.1. The number of morpholine rings is 1. The van der Waals surface area contributed by atoms with E-state index in [2.05, 4.69) is 4.74 Å². The first-order valence-corrected chi connectivity index (χ1v) is 7.20. The molecule has 0 saturated carbocycles. The van der Waals surface area contributed by atoms with Crippen molar-refractivity contribution >= 4 is 10.1 Å². The Labute approximate surface area is 109 Å². The lowest BCUT2D eigenvalue weighted by Crippen LogP contribution is -2.44. The summed E-state index contributed by atoms with van der Waals surface area (Å²) in [6.07, 6.45) is -5.77. The Hall–Kier alpha value is -0.420. The molecule has 1 atom stereocenters. The van der Waals surface area contributed by atoms with Gasteiger partial charge in [-0.3, -0.25) is 9.45 Å². The number of ether oxygens (including phenoxy) is 2. The SMILES string of the molecule is O=S(=O)(O)CC(CN1CCOCC1)OCC(F)(F)F. The second-order valence-electron chi connectivity index (χ2n) is 4.21. The van der Waals surface area contributed by atoms with E-state index >= 15 is 0 Å². The Morgan fingerprint density at radius 2 is 1.89 bits per heavy atom. The highest BCUT2D eigenvalue weighted by Crippen LogP contribution is 2.16. The normalized spacial score (nSPS) is 20.4. The molecule has 1 fully saturated rings. The Morgan fingerprint density at radius 3 is 2.37 bits per heavy atom. The van der Waals surface area contributed by atoms with Crippen LogP contribution in [0.2, 0.25) is 0 Å². The van der Waals surface area contributed by atoms with Crippen molar-refractivity contribution in [3.05, 3.63) is 0 Å². The van der Waals surface area contributed by atoms with Gasteiger partial charge in [0.25, 0.3) is 10.1 Å². The van der Waals surface area contributed by atoms with E-state index in [1.807, 2.05) is 0 Å². The summed E-state index contributed by atoms with van der Waals surface area (Å²) in [7, 11) is -4.39. The average Bonchev–Trinajstić information content (AvgIpc) is 2.24. The molecule has 1 N–H and O–H groups in total. The third-order valence-corrected chi connectivity index (χ3v) is 3.24. The van der Waals surface area contributed by atoms with E-state index in [-0.39, 0.29) is 6.54 Å². The molecule has 0 aromatic carbocycles. The quantitative estimate of drug-likeness (QED) is 0.704. The predicted molar refractivity (Wildman–Crippen MR) is 59.5 cm³/mol. The number of halogens is 3. The Kier molecular flexibility index (Phi) is 5.99. The summed E-state index contributed by atoms with van der Waals surface area (Å²) in [5.41, 5.74) is 0. The molecular weight excluding hydrogens is 291 g/mol. The zero-order valence-corrected chi connectivity index (χ0v) is 10.9. The van der Waals surface area contributed by atoms with E-state index in [9.17, 15) is 21.6 Å². The standard InChI is InChI=1S/C9H16F3NO5S/c10-9(11,12)7-18-8(6-19(14,15)16)5-13-1-3-17-4-2-13/h8H,1-7H2,(H,14,15,16). The van der Waals surface area contributed by atoms with Crippen LogP contribution in [0, 0.1) is 0 Å². The van der Waals surface area contributed by atoms with Crippen LogP contribution in [0.15, 0.2) is 0 Å². The lowest BCUT2D eigenvalue weighted by Gasteiger charge is -2.30. The third-order valence-electron chi connectivity index (χ3n) is 2.44. The van der Waals surface area contributed by atoms with Gasteiger partial charge in [-0.05, 0) is 0 Å². The van der Waals surface area contributed by atoms with Crippen molar-refractivity contribution < 1.29 is 35.6 Å². The molecule has 1 aliphatic heterocycles. The molecule has 0 spiro atoms. The first-order chi connectivity index (χ1) is 8.66. The van der Waals surface area contributed by atoms with Gasteiger partial charge in [-0.2, -0.15) is 21.6 Å². The van der Waals surface area contributed by atoms with Gasteiger partial charge in [0.2, 0.25) is 0 Å². The smallest absolute Gasteiger partial charge is 0.379 e. The molecule has 1 saturated heterocycles. The number of nitrogens with zero attached hydrogens (tertiary/aromatic N) is 1. The maximum Gasteiger partial charge on any atom is 0.411 e. The number of rotatable bonds is 6. The molecule has 1 heterocycles. The number of hydrogen-bond acceptors (Lipinski definition) is 5. The minimum absolute atomic E-state index is 0.000764. The van der Waals surface area contributed by atoms with Gasteiger partial charge < -0.3 is 9.47 Å². The summed E-state index contributed by atoms with van der Waals surface area (Å²) < 4.78 is 76.0. The van der Waals surface area contributed by atoms with Gasteiger partial charge in [0.05, 0.1) is 19.3 Å². The highest BCUT2D eigenvalue weighted by atomic mass is 32.2. The zero-order valence-electron chi connectivity index (χ0n) is 10.1. The van der Waals surface area contributed by atoms with Gasteiger partial charge >= 0.3 is 6.18 Å². The van der Waals surface area contributed by atoms with Crippen molar-refractivity contribution in [2.75, 3.05) is 45.2 Å². The minimum atomic E-state index is -4.54. The molecule has 0 radical (unpaired) electrons. The van der Waals surface area contributed by atoms with Crippen molar-refractivity contribution in [3.63, 3.8) is 0 Å². The van der Waals surface area contributed by atoms with E-state index in [0.29, 0.717) is 26.3 Å². The zero-order chi connectivity index (χ0) is 14.5. The monoisotopic (exact) mass is 307 g/mol. The molecule has 0 aromatic rings. The van der Waals surface area contributed by atoms with Crippen LogP contribution in [0.1, 0.15) is 0 Å². The van der Waals surface area contributed by atoms with Crippen LogP contribution >= 0.6 is 0 Å². The van der Waals surface area contributed by atoms with Gasteiger partial charge in [0, 0.05) is 19.6 Å². The van der Waals surface area contributed by atoms with Crippen LogP contribution in [0.3, 0.4) is 0 Å². The Morgan fingerprint density at radius 1 is 1.32 bits per heavy atom. The van der Waals surface area contributed by atoms with Gasteiger partial charge in [-0.1, -0.05) is 0 Å². The molecule has 6 nitrogen and oxygen atoms in total. The molecule has 19 heavy (non-hydrogen) atoms. The number of alkyl halides is 3. The summed E-state index contributed by atoms with van der Waals surface area (Å²) in [5.74, 6) is -0.861. The second-order valence-corrected chi connectivity index (χ2v) is 5.71.